The Balaban J connectivity index is 1.88. The van der Waals surface area contributed by atoms with E-state index in [4.69, 9.17) is 16.3 Å². The van der Waals surface area contributed by atoms with Crippen LogP contribution in [0.5, 0.6) is 0 Å². The van der Waals surface area contributed by atoms with Crippen molar-refractivity contribution in [2.24, 2.45) is 0 Å². The predicted molar refractivity (Wildman–Crippen MR) is 87.3 cm³/mol. The van der Waals surface area contributed by atoms with E-state index in [-0.39, 0.29) is 12.1 Å². The molecule has 0 saturated carbocycles. The minimum absolute atomic E-state index is 0.145. The van der Waals surface area contributed by atoms with Gasteiger partial charge in [0.25, 0.3) is 0 Å². The van der Waals surface area contributed by atoms with Gasteiger partial charge in [-0.15, -0.1) is 11.3 Å². The van der Waals surface area contributed by atoms with Gasteiger partial charge >= 0.3 is 6.03 Å². The number of nitrogens with one attached hydrogen (secondary N) is 2. The molecule has 0 saturated heterocycles. The number of aryl methyl sites for hydroxylation is 1. The highest BCUT2D eigenvalue weighted by molar-refractivity contribution is 7.12. The molecule has 0 aliphatic heterocycles. The summed E-state index contributed by atoms with van der Waals surface area (Å²) in [6.07, 6.45) is -0.145. The van der Waals surface area contributed by atoms with Crippen LogP contribution in [0.3, 0.4) is 0 Å². The number of anilines is 1. The van der Waals surface area contributed by atoms with E-state index in [2.05, 4.69) is 10.6 Å². The van der Waals surface area contributed by atoms with Gasteiger partial charge in [-0.2, -0.15) is 0 Å². The summed E-state index contributed by atoms with van der Waals surface area (Å²) in [5.74, 6) is 0. The van der Waals surface area contributed by atoms with Crippen LogP contribution in [0.25, 0.3) is 0 Å². The zero-order valence-electron chi connectivity index (χ0n) is 11.9. The van der Waals surface area contributed by atoms with E-state index in [0.717, 1.165) is 4.88 Å². The third-order valence-electron chi connectivity index (χ3n) is 2.89. The molecule has 2 rings (SSSR count). The molecule has 0 aliphatic rings. The monoisotopic (exact) mass is 324 g/mol. The number of ether oxygens (including phenoxy) is 1. The van der Waals surface area contributed by atoms with Crippen LogP contribution >= 0.6 is 22.9 Å². The lowest BCUT2D eigenvalue weighted by Crippen LogP contribution is -2.32. The second-order valence-electron chi connectivity index (χ2n) is 4.52. The molecule has 1 aromatic heterocycles. The molecule has 0 spiro atoms. The van der Waals surface area contributed by atoms with Crippen molar-refractivity contribution >= 4 is 34.7 Å². The van der Waals surface area contributed by atoms with Gasteiger partial charge in [0.15, 0.2) is 0 Å². The Morgan fingerprint density at radius 3 is 2.81 bits per heavy atom. The van der Waals surface area contributed by atoms with Crippen LogP contribution in [0, 0.1) is 6.92 Å². The van der Waals surface area contributed by atoms with Crippen LogP contribution in [-0.4, -0.2) is 19.7 Å². The van der Waals surface area contributed by atoms with Gasteiger partial charge < -0.3 is 15.4 Å². The minimum Gasteiger partial charge on any atom is -0.374 e. The summed E-state index contributed by atoms with van der Waals surface area (Å²) in [5, 5.41) is 6.11. The average Bonchev–Trinajstić information content (AvgIpc) is 2.86. The van der Waals surface area contributed by atoms with Gasteiger partial charge in [-0.05, 0) is 37.3 Å². The van der Waals surface area contributed by atoms with Crippen LogP contribution in [0.4, 0.5) is 10.5 Å². The number of hydrogen-bond donors (Lipinski definition) is 2. The van der Waals surface area contributed by atoms with E-state index < -0.39 is 0 Å². The molecule has 0 fully saturated rings. The molecular weight excluding hydrogens is 308 g/mol. The number of benzene rings is 1. The number of methoxy groups -OCH3 is 1. The third kappa shape index (κ3) is 4.74. The van der Waals surface area contributed by atoms with Gasteiger partial charge in [0.2, 0.25) is 0 Å². The van der Waals surface area contributed by atoms with Gasteiger partial charge in [0.05, 0.1) is 6.54 Å². The fourth-order valence-electron chi connectivity index (χ4n) is 1.85. The molecule has 0 bridgehead atoms. The zero-order chi connectivity index (χ0) is 15.2. The molecule has 2 amide bonds. The average molecular weight is 325 g/mol. The summed E-state index contributed by atoms with van der Waals surface area (Å²) in [6, 6.07) is 10.8. The largest absolute Gasteiger partial charge is 0.374 e. The summed E-state index contributed by atoms with van der Waals surface area (Å²) >= 11 is 7.53. The predicted octanol–water partition coefficient (Wildman–Crippen LogP) is 4.22. The van der Waals surface area contributed by atoms with Crippen molar-refractivity contribution in [2.45, 2.75) is 13.0 Å². The van der Waals surface area contributed by atoms with Gasteiger partial charge in [0, 0.05) is 27.6 Å². The van der Waals surface area contributed by atoms with Crippen LogP contribution < -0.4 is 10.6 Å². The number of amides is 2. The first kappa shape index (κ1) is 15.8. The number of hydrogen-bond acceptors (Lipinski definition) is 3. The van der Waals surface area contributed by atoms with Crippen LogP contribution in [0.2, 0.25) is 5.02 Å². The normalized spacial score (nSPS) is 12.0. The third-order valence-corrected chi connectivity index (χ3v) is 4.22. The highest BCUT2D eigenvalue weighted by Gasteiger charge is 2.13. The molecule has 112 valence electrons. The fraction of sp³-hybridized carbons (Fsp3) is 0.267. The highest BCUT2D eigenvalue weighted by Crippen LogP contribution is 2.24. The van der Waals surface area contributed by atoms with E-state index in [0.29, 0.717) is 17.3 Å². The Bertz CT molecular complexity index is 615. The van der Waals surface area contributed by atoms with Crippen molar-refractivity contribution in [2.75, 3.05) is 19.0 Å². The maximum Gasteiger partial charge on any atom is 0.319 e. The Hall–Kier alpha value is -1.56. The number of carbonyl (C=O) groups is 1. The lowest BCUT2D eigenvalue weighted by atomic mass is 10.3. The molecule has 4 nitrogen and oxygen atoms in total. The lowest BCUT2D eigenvalue weighted by Gasteiger charge is -2.15. The number of carbonyl (C=O) groups excluding carboxylic acids is 1. The van der Waals surface area contributed by atoms with Crippen molar-refractivity contribution in [3.8, 4) is 0 Å². The van der Waals surface area contributed by atoms with E-state index in [1.54, 1.807) is 42.7 Å². The van der Waals surface area contributed by atoms with E-state index in [1.165, 1.54) is 4.88 Å². The van der Waals surface area contributed by atoms with Crippen molar-refractivity contribution < 1.29 is 9.53 Å². The Kier molecular flexibility index (Phi) is 5.61. The van der Waals surface area contributed by atoms with Crippen LogP contribution in [0.1, 0.15) is 15.9 Å². The van der Waals surface area contributed by atoms with Gasteiger partial charge in [-0.1, -0.05) is 17.7 Å². The highest BCUT2D eigenvalue weighted by atomic mass is 35.5. The quantitative estimate of drug-likeness (QED) is 0.865. The SMILES string of the molecule is COC(CNC(=O)Nc1cccc(Cl)c1)c1ccc(C)s1. The smallest absolute Gasteiger partial charge is 0.319 e. The molecule has 1 heterocycles. The summed E-state index contributed by atoms with van der Waals surface area (Å²) in [6.45, 7) is 2.45. The summed E-state index contributed by atoms with van der Waals surface area (Å²) in [5.41, 5.74) is 0.654. The molecule has 1 atom stereocenters. The molecule has 2 N–H and O–H groups in total. The van der Waals surface area contributed by atoms with Crippen molar-refractivity contribution in [3.63, 3.8) is 0 Å². The topological polar surface area (TPSA) is 50.4 Å². The van der Waals surface area contributed by atoms with E-state index in [1.807, 2.05) is 19.1 Å². The summed E-state index contributed by atoms with van der Waals surface area (Å²) < 4.78 is 5.42. The minimum atomic E-state index is -0.285. The van der Waals surface area contributed by atoms with Crippen molar-refractivity contribution in [3.05, 3.63) is 51.2 Å². The van der Waals surface area contributed by atoms with Gasteiger partial charge in [0.1, 0.15) is 6.10 Å². The van der Waals surface area contributed by atoms with Gasteiger partial charge in [-0.3, -0.25) is 0 Å². The first-order valence-electron chi connectivity index (χ1n) is 6.48. The van der Waals surface area contributed by atoms with Crippen molar-refractivity contribution in [1.82, 2.24) is 5.32 Å². The molecule has 1 unspecified atom stereocenters. The number of thiophene rings is 1. The molecule has 2 aromatic rings. The van der Waals surface area contributed by atoms with Crippen molar-refractivity contribution in [1.29, 1.82) is 0 Å². The first-order chi connectivity index (χ1) is 10.1. The number of urea groups is 1. The molecular formula is C15H17ClN2O2S. The molecule has 1 aromatic carbocycles. The Morgan fingerprint density at radius 2 is 2.19 bits per heavy atom. The maximum absolute atomic E-state index is 11.9. The second-order valence-corrected chi connectivity index (χ2v) is 6.27. The van der Waals surface area contributed by atoms with E-state index in [9.17, 15) is 4.79 Å². The maximum atomic E-state index is 11.9. The summed E-state index contributed by atoms with van der Waals surface area (Å²) in [7, 11) is 1.64. The molecule has 0 radical (unpaired) electrons. The first-order valence-corrected chi connectivity index (χ1v) is 7.67. The number of rotatable bonds is 5. The summed E-state index contributed by atoms with van der Waals surface area (Å²) in [4.78, 5) is 14.2. The lowest BCUT2D eigenvalue weighted by molar-refractivity contribution is 0.107. The van der Waals surface area contributed by atoms with E-state index >= 15 is 0 Å². The molecule has 0 aliphatic carbocycles. The Morgan fingerprint density at radius 1 is 1.38 bits per heavy atom. The second kappa shape index (κ2) is 7.45. The van der Waals surface area contributed by atoms with Crippen LogP contribution in [0.15, 0.2) is 36.4 Å². The van der Waals surface area contributed by atoms with Crippen LogP contribution in [-0.2, 0) is 4.74 Å². The molecule has 6 heteroatoms. The Labute approximate surface area is 133 Å². The standard InChI is InChI=1S/C15H17ClN2O2S/c1-10-6-7-14(21-10)13(20-2)9-17-15(19)18-12-5-3-4-11(16)8-12/h3-8,13H,9H2,1-2H3,(H2,17,18,19). The zero-order valence-corrected chi connectivity index (χ0v) is 13.4. The number of halogens is 1. The van der Waals surface area contributed by atoms with Gasteiger partial charge in [-0.25, -0.2) is 4.79 Å². The molecule has 21 heavy (non-hydrogen) atoms. The fourth-order valence-corrected chi connectivity index (χ4v) is 3.00.